The predicted molar refractivity (Wildman–Crippen MR) is 123 cm³/mol. The number of aliphatic hydroxyl groups is 1. The van der Waals surface area contributed by atoms with E-state index in [1.165, 1.54) is 17.0 Å². The second-order valence-corrected chi connectivity index (χ2v) is 10.7. The number of piperidine rings is 1. The van der Waals surface area contributed by atoms with Gasteiger partial charge in [-0.2, -0.15) is 0 Å². The first-order chi connectivity index (χ1) is 15.2. The Morgan fingerprint density at radius 1 is 1.03 bits per heavy atom. The second kappa shape index (κ2) is 9.35. The third-order valence-corrected chi connectivity index (χ3v) is 8.01. The van der Waals surface area contributed by atoms with Crippen LogP contribution >= 0.6 is 11.6 Å². The maximum atomic E-state index is 12.8. The Morgan fingerprint density at radius 3 is 2.44 bits per heavy atom. The van der Waals surface area contributed by atoms with Gasteiger partial charge in [0.15, 0.2) is 9.84 Å². The summed E-state index contributed by atoms with van der Waals surface area (Å²) in [6.45, 7) is 2.69. The number of sulfone groups is 1. The summed E-state index contributed by atoms with van der Waals surface area (Å²) in [6, 6.07) is 9.84. The van der Waals surface area contributed by atoms with Crippen LogP contribution < -0.4 is 0 Å². The standard InChI is InChI=1S/C22H27ClN4O4S/c23-18-6-4-17-14-19(7-5-16(17)13-18)32(30,31)15-20(28)22(29)25-9-11-26(12-10-25)27-8-2-1-3-21(27)24/h4-7,13-14,20,24,28H,1-3,8-12,15H2/t20-/m1/s1. The fourth-order valence-corrected chi connectivity index (χ4v) is 5.78. The maximum absolute atomic E-state index is 12.8. The van der Waals surface area contributed by atoms with Crippen molar-refractivity contribution in [1.82, 2.24) is 14.9 Å². The van der Waals surface area contributed by atoms with Crippen molar-refractivity contribution in [1.29, 1.82) is 5.41 Å². The summed E-state index contributed by atoms with van der Waals surface area (Å²) in [4.78, 5) is 14.3. The molecule has 4 rings (SSSR count). The van der Waals surface area contributed by atoms with Crippen LogP contribution in [0.25, 0.3) is 10.8 Å². The first-order valence-corrected chi connectivity index (χ1v) is 12.8. The van der Waals surface area contributed by atoms with E-state index in [1.54, 1.807) is 24.3 Å². The molecule has 0 unspecified atom stereocenters. The Balaban J connectivity index is 1.38. The van der Waals surface area contributed by atoms with Crippen LogP contribution in [0.1, 0.15) is 19.3 Å². The van der Waals surface area contributed by atoms with Gasteiger partial charge < -0.3 is 10.0 Å². The summed E-state index contributed by atoms with van der Waals surface area (Å²) >= 11 is 5.98. The Labute approximate surface area is 192 Å². The number of rotatable bonds is 5. The van der Waals surface area contributed by atoms with E-state index in [0.29, 0.717) is 37.0 Å². The number of amidine groups is 1. The van der Waals surface area contributed by atoms with Crippen LogP contribution in [0.4, 0.5) is 0 Å². The molecule has 1 amide bonds. The molecule has 0 radical (unpaired) electrons. The molecule has 32 heavy (non-hydrogen) atoms. The van der Waals surface area contributed by atoms with Crippen molar-refractivity contribution in [2.24, 2.45) is 0 Å². The van der Waals surface area contributed by atoms with E-state index in [9.17, 15) is 18.3 Å². The van der Waals surface area contributed by atoms with Crippen molar-refractivity contribution in [2.75, 3.05) is 38.5 Å². The summed E-state index contributed by atoms with van der Waals surface area (Å²) in [7, 11) is -3.86. The van der Waals surface area contributed by atoms with Crippen molar-refractivity contribution in [3.8, 4) is 0 Å². The molecule has 2 aliphatic rings. The summed E-state index contributed by atoms with van der Waals surface area (Å²) in [5, 5.41) is 24.7. The van der Waals surface area contributed by atoms with Gasteiger partial charge in [0.2, 0.25) is 0 Å². The van der Waals surface area contributed by atoms with Gasteiger partial charge in [0, 0.05) is 44.2 Å². The van der Waals surface area contributed by atoms with Gasteiger partial charge >= 0.3 is 0 Å². The number of nitrogens with zero attached hydrogens (tertiary/aromatic N) is 3. The molecule has 2 aromatic rings. The van der Waals surface area contributed by atoms with Crippen molar-refractivity contribution >= 4 is 44.0 Å². The number of halogens is 1. The van der Waals surface area contributed by atoms with E-state index in [2.05, 4.69) is 5.01 Å². The highest BCUT2D eigenvalue weighted by molar-refractivity contribution is 7.91. The first kappa shape index (κ1) is 23.0. The van der Waals surface area contributed by atoms with E-state index in [0.717, 1.165) is 36.6 Å². The third kappa shape index (κ3) is 4.91. The number of hydrogen-bond acceptors (Lipinski definition) is 6. The van der Waals surface area contributed by atoms with Crippen LogP contribution in [0, 0.1) is 5.41 Å². The number of piperazine rings is 1. The monoisotopic (exact) mass is 478 g/mol. The Bertz CT molecular complexity index is 1130. The third-order valence-electron chi connectivity index (χ3n) is 6.05. The molecule has 8 nitrogen and oxygen atoms in total. The molecule has 1 atom stereocenters. The molecule has 2 aliphatic heterocycles. The lowest BCUT2D eigenvalue weighted by Gasteiger charge is -2.44. The lowest BCUT2D eigenvalue weighted by atomic mass is 10.1. The zero-order valence-corrected chi connectivity index (χ0v) is 19.3. The van der Waals surface area contributed by atoms with Crippen LogP contribution in [0.5, 0.6) is 0 Å². The SMILES string of the molecule is N=C1CCCCN1N1CCN(C(=O)[C@H](O)CS(=O)(=O)c2ccc3cc(Cl)ccc3c2)CC1. The summed E-state index contributed by atoms with van der Waals surface area (Å²) in [6.07, 6.45) is 1.21. The molecular weight excluding hydrogens is 452 g/mol. The van der Waals surface area contributed by atoms with Crippen LogP contribution in [-0.4, -0.2) is 84.8 Å². The largest absolute Gasteiger partial charge is 0.382 e. The first-order valence-electron chi connectivity index (χ1n) is 10.7. The van der Waals surface area contributed by atoms with Gasteiger partial charge in [-0.25, -0.2) is 13.4 Å². The molecule has 2 saturated heterocycles. The lowest BCUT2D eigenvalue weighted by Crippen LogP contribution is -2.58. The molecule has 2 aromatic carbocycles. The van der Waals surface area contributed by atoms with E-state index >= 15 is 0 Å². The molecule has 2 N–H and O–H groups in total. The fraction of sp³-hybridized carbons (Fsp3) is 0.455. The Kier molecular flexibility index (Phi) is 6.71. The van der Waals surface area contributed by atoms with Gasteiger partial charge in [0.25, 0.3) is 5.91 Å². The van der Waals surface area contributed by atoms with Gasteiger partial charge in [0.05, 0.1) is 10.6 Å². The summed E-state index contributed by atoms with van der Waals surface area (Å²) < 4.78 is 25.7. The van der Waals surface area contributed by atoms with Crippen LogP contribution in [0.3, 0.4) is 0 Å². The number of nitrogens with one attached hydrogen (secondary N) is 1. The van der Waals surface area contributed by atoms with Crippen LogP contribution in [0.2, 0.25) is 5.02 Å². The highest BCUT2D eigenvalue weighted by Crippen LogP contribution is 2.24. The van der Waals surface area contributed by atoms with Gasteiger partial charge in [-0.15, -0.1) is 0 Å². The highest BCUT2D eigenvalue weighted by Gasteiger charge is 2.32. The second-order valence-electron chi connectivity index (χ2n) is 8.26. The van der Waals surface area contributed by atoms with E-state index in [4.69, 9.17) is 17.0 Å². The van der Waals surface area contributed by atoms with Crippen molar-refractivity contribution in [3.05, 3.63) is 41.4 Å². The summed E-state index contributed by atoms with van der Waals surface area (Å²) in [5.74, 6) is -0.642. The van der Waals surface area contributed by atoms with Gasteiger partial charge in [0.1, 0.15) is 11.9 Å². The molecular formula is C22H27ClN4O4S. The highest BCUT2D eigenvalue weighted by atomic mass is 35.5. The van der Waals surface area contributed by atoms with Gasteiger partial charge in [-0.3, -0.25) is 15.2 Å². The molecule has 2 heterocycles. The molecule has 0 spiro atoms. The van der Waals surface area contributed by atoms with E-state index < -0.39 is 27.6 Å². The van der Waals surface area contributed by atoms with E-state index in [-0.39, 0.29) is 4.90 Å². The topological polar surface area (TPSA) is 105 Å². The minimum absolute atomic E-state index is 0.0626. The van der Waals surface area contributed by atoms with Crippen molar-refractivity contribution in [2.45, 2.75) is 30.3 Å². The average Bonchev–Trinajstić information content (AvgIpc) is 2.78. The van der Waals surface area contributed by atoms with Crippen molar-refractivity contribution in [3.63, 3.8) is 0 Å². The smallest absolute Gasteiger partial charge is 0.252 e. The fourth-order valence-electron chi connectivity index (χ4n) is 4.26. The number of aliphatic hydroxyl groups excluding tert-OH is 1. The van der Waals surface area contributed by atoms with E-state index in [1.807, 2.05) is 5.01 Å². The van der Waals surface area contributed by atoms with Gasteiger partial charge in [-0.1, -0.05) is 23.7 Å². The molecule has 172 valence electrons. The van der Waals surface area contributed by atoms with Crippen LogP contribution in [-0.2, 0) is 14.6 Å². The predicted octanol–water partition coefficient (Wildman–Crippen LogP) is 2.15. The zero-order valence-electron chi connectivity index (χ0n) is 17.7. The molecule has 0 bridgehead atoms. The number of carbonyl (C=O) groups excluding carboxylic acids is 1. The number of carbonyl (C=O) groups is 1. The number of hydrogen-bond donors (Lipinski definition) is 2. The quantitative estimate of drug-likeness (QED) is 0.682. The van der Waals surface area contributed by atoms with Crippen LogP contribution in [0.15, 0.2) is 41.3 Å². The summed E-state index contributed by atoms with van der Waals surface area (Å²) in [5.41, 5.74) is 0. The number of amides is 1. The number of hydrazine groups is 1. The van der Waals surface area contributed by atoms with Gasteiger partial charge in [-0.05, 0) is 47.9 Å². The number of benzene rings is 2. The number of fused-ring (bicyclic) bond motifs is 1. The molecule has 0 aliphatic carbocycles. The van der Waals surface area contributed by atoms with Crippen molar-refractivity contribution < 1.29 is 18.3 Å². The Morgan fingerprint density at radius 2 is 1.72 bits per heavy atom. The molecule has 0 saturated carbocycles. The average molecular weight is 479 g/mol. The minimum Gasteiger partial charge on any atom is -0.382 e. The minimum atomic E-state index is -3.86. The molecule has 10 heteroatoms. The molecule has 0 aromatic heterocycles. The molecule has 2 fully saturated rings. The zero-order chi connectivity index (χ0) is 22.9. The maximum Gasteiger partial charge on any atom is 0.252 e. The normalized spacial score (nSPS) is 19.4. The lowest BCUT2D eigenvalue weighted by molar-refractivity contribution is -0.142. The Hall–Kier alpha value is -2.20.